The second-order valence-electron chi connectivity index (χ2n) is 6.09. The molecule has 0 amide bonds. The lowest BCUT2D eigenvalue weighted by Gasteiger charge is -2.32. The molecular formula is C18H23FN4. The summed E-state index contributed by atoms with van der Waals surface area (Å²) in [6, 6.07) is 6.93. The Bertz CT molecular complexity index is 693. The summed E-state index contributed by atoms with van der Waals surface area (Å²) in [6.07, 6.45) is 2.78. The van der Waals surface area contributed by atoms with Crippen LogP contribution in [0.2, 0.25) is 0 Å². The largest absolute Gasteiger partial charge is 0.356 e. The molecule has 1 aliphatic rings. The average molecular weight is 314 g/mol. The highest BCUT2D eigenvalue weighted by Crippen LogP contribution is 2.28. The first kappa shape index (κ1) is 15.9. The number of nitrogens with zero attached hydrogens (tertiary/aromatic N) is 3. The van der Waals surface area contributed by atoms with Gasteiger partial charge in [-0.05, 0) is 38.3 Å². The van der Waals surface area contributed by atoms with E-state index in [1.54, 1.807) is 12.1 Å². The van der Waals surface area contributed by atoms with E-state index in [1.807, 2.05) is 13.0 Å². The number of piperidine rings is 1. The van der Waals surface area contributed by atoms with Crippen LogP contribution in [0.3, 0.4) is 0 Å². The molecular weight excluding hydrogens is 291 g/mol. The Balaban J connectivity index is 2.05. The van der Waals surface area contributed by atoms with E-state index >= 15 is 0 Å². The van der Waals surface area contributed by atoms with E-state index in [2.05, 4.69) is 16.8 Å². The molecule has 122 valence electrons. The number of hydrogen-bond acceptors (Lipinski definition) is 4. The molecule has 3 rings (SSSR count). The van der Waals surface area contributed by atoms with E-state index in [0.29, 0.717) is 11.4 Å². The summed E-state index contributed by atoms with van der Waals surface area (Å²) in [6.45, 7) is 5.86. The fourth-order valence-electron chi connectivity index (χ4n) is 3.13. The summed E-state index contributed by atoms with van der Waals surface area (Å²) in [5.74, 6) is 1.11. The molecule has 0 aliphatic carbocycles. The highest BCUT2D eigenvalue weighted by molar-refractivity contribution is 5.61. The fraction of sp³-hybridized carbons (Fsp3) is 0.444. The minimum absolute atomic E-state index is 0.269. The molecule has 2 aromatic rings. The van der Waals surface area contributed by atoms with Crippen molar-refractivity contribution >= 4 is 5.82 Å². The van der Waals surface area contributed by atoms with Crippen molar-refractivity contribution in [2.45, 2.75) is 39.2 Å². The molecule has 1 saturated heterocycles. The second kappa shape index (κ2) is 6.62. The van der Waals surface area contributed by atoms with Crippen molar-refractivity contribution in [3.8, 4) is 11.4 Å². The number of halogens is 1. The molecule has 2 heterocycles. The first-order valence-electron chi connectivity index (χ1n) is 8.23. The van der Waals surface area contributed by atoms with Crippen LogP contribution in [0.1, 0.15) is 31.0 Å². The molecule has 1 aromatic carbocycles. The molecule has 1 aliphatic heterocycles. The predicted molar refractivity (Wildman–Crippen MR) is 91.0 cm³/mol. The molecule has 1 aromatic heterocycles. The molecule has 1 fully saturated rings. The summed E-state index contributed by atoms with van der Waals surface area (Å²) in [4.78, 5) is 11.5. The van der Waals surface area contributed by atoms with Gasteiger partial charge in [-0.3, -0.25) is 0 Å². The van der Waals surface area contributed by atoms with Gasteiger partial charge in [-0.15, -0.1) is 0 Å². The van der Waals surface area contributed by atoms with Gasteiger partial charge < -0.3 is 10.6 Å². The lowest BCUT2D eigenvalue weighted by atomic mass is 10.0. The summed E-state index contributed by atoms with van der Waals surface area (Å²) in [5, 5.41) is 0. The summed E-state index contributed by atoms with van der Waals surface area (Å²) >= 11 is 0. The van der Waals surface area contributed by atoms with Crippen LogP contribution in [0.4, 0.5) is 10.2 Å². The Morgan fingerprint density at radius 3 is 2.57 bits per heavy atom. The summed E-state index contributed by atoms with van der Waals surface area (Å²) in [5.41, 5.74) is 8.52. The minimum atomic E-state index is -0.289. The number of nitrogens with two attached hydrogens (primary N) is 1. The standard InChI is InChI=1S/C18H23FN4/c1-3-14-12(2)21-17(15-6-4-5-7-16(15)19)22-18(14)23-10-8-13(20)9-11-23/h4-7,13H,3,8-11,20H2,1-2H3. The van der Waals surface area contributed by atoms with Gasteiger partial charge in [-0.2, -0.15) is 0 Å². The molecule has 0 bridgehead atoms. The number of benzene rings is 1. The minimum Gasteiger partial charge on any atom is -0.356 e. The second-order valence-corrected chi connectivity index (χ2v) is 6.09. The van der Waals surface area contributed by atoms with Crippen LogP contribution in [0.25, 0.3) is 11.4 Å². The van der Waals surface area contributed by atoms with Crippen molar-refractivity contribution in [1.82, 2.24) is 9.97 Å². The third-order valence-corrected chi connectivity index (χ3v) is 4.50. The van der Waals surface area contributed by atoms with Gasteiger partial charge in [-0.25, -0.2) is 14.4 Å². The molecule has 23 heavy (non-hydrogen) atoms. The fourth-order valence-corrected chi connectivity index (χ4v) is 3.13. The van der Waals surface area contributed by atoms with E-state index in [1.165, 1.54) is 6.07 Å². The molecule has 0 spiro atoms. The van der Waals surface area contributed by atoms with Gasteiger partial charge >= 0.3 is 0 Å². The Labute approximate surface area is 136 Å². The summed E-state index contributed by atoms with van der Waals surface area (Å²) in [7, 11) is 0. The van der Waals surface area contributed by atoms with Crippen molar-refractivity contribution in [2.75, 3.05) is 18.0 Å². The zero-order valence-electron chi connectivity index (χ0n) is 13.7. The van der Waals surface area contributed by atoms with Crippen LogP contribution < -0.4 is 10.6 Å². The zero-order chi connectivity index (χ0) is 16.4. The van der Waals surface area contributed by atoms with Crippen molar-refractivity contribution in [3.05, 3.63) is 41.3 Å². The van der Waals surface area contributed by atoms with Crippen molar-refractivity contribution in [3.63, 3.8) is 0 Å². The Hall–Kier alpha value is -2.01. The highest BCUT2D eigenvalue weighted by Gasteiger charge is 2.22. The van der Waals surface area contributed by atoms with Gasteiger partial charge in [0.2, 0.25) is 0 Å². The van der Waals surface area contributed by atoms with Crippen LogP contribution in [-0.4, -0.2) is 29.1 Å². The number of hydrogen-bond donors (Lipinski definition) is 1. The first-order valence-corrected chi connectivity index (χ1v) is 8.23. The SMILES string of the molecule is CCc1c(C)nc(-c2ccccc2F)nc1N1CCC(N)CC1. The smallest absolute Gasteiger partial charge is 0.164 e. The predicted octanol–water partition coefficient (Wildman–Crippen LogP) is 3.08. The van der Waals surface area contributed by atoms with Crippen LogP contribution in [0.15, 0.2) is 24.3 Å². The van der Waals surface area contributed by atoms with Crippen molar-refractivity contribution in [1.29, 1.82) is 0 Å². The van der Waals surface area contributed by atoms with Crippen LogP contribution >= 0.6 is 0 Å². The van der Waals surface area contributed by atoms with Crippen molar-refractivity contribution < 1.29 is 4.39 Å². The average Bonchev–Trinajstić information content (AvgIpc) is 2.55. The quantitative estimate of drug-likeness (QED) is 0.946. The summed E-state index contributed by atoms with van der Waals surface area (Å²) < 4.78 is 14.1. The van der Waals surface area contributed by atoms with Crippen LogP contribution in [0, 0.1) is 12.7 Å². The molecule has 4 nitrogen and oxygen atoms in total. The Morgan fingerprint density at radius 1 is 1.22 bits per heavy atom. The highest BCUT2D eigenvalue weighted by atomic mass is 19.1. The maximum Gasteiger partial charge on any atom is 0.164 e. The monoisotopic (exact) mass is 314 g/mol. The number of aryl methyl sites for hydroxylation is 1. The van der Waals surface area contributed by atoms with Gasteiger partial charge in [-0.1, -0.05) is 19.1 Å². The number of rotatable bonds is 3. The first-order chi connectivity index (χ1) is 11.1. The molecule has 5 heteroatoms. The topological polar surface area (TPSA) is 55.0 Å². The third kappa shape index (κ3) is 3.20. The Morgan fingerprint density at radius 2 is 1.91 bits per heavy atom. The maximum atomic E-state index is 14.1. The van der Waals surface area contributed by atoms with Crippen LogP contribution in [-0.2, 0) is 6.42 Å². The van der Waals surface area contributed by atoms with E-state index in [9.17, 15) is 4.39 Å². The van der Waals surface area contributed by atoms with Crippen molar-refractivity contribution in [2.24, 2.45) is 5.73 Å². The molecule has 0 unspecified atom stereocenters. The number of aromatic nitrogens is 2. The maximum absolute atomic E-state index is 14.1. The third-order valence-electron chi connectivity index (χ3n) is 4.50. The van der Waals surface area contributed by atoms with Gasteiger partial charge in [0.1, 0.15) is 11.6 Å². The van der Waals surface area contributed by atoms with Gasteiger partial charge in [0, 0.05) is 30.4 Å². The lowest BCUT2D eigenvalue weighted by Crippen LogP contribution is -2.40. The molecule has 2 N–H and O–H groups in total. The Kier molecular flexibility index (Phi) is 4.57. The molecule has 0 atom stereocenters. The van der Waals surface area contributed by atoms with E-state index in [-0.39, 0.29) is 11.9 Å². The molecule has 0 saturated carbocycles. The number of anilines is 1. The van der Waals surface area contributed by atoms with E-state index in [4.69, 9.17) is 10.7 Å². The van der Waals surface area contributed by atoms with E-state index in [0.717, 1.165) is 49.4 Å². The van der Waals surface area contributed by atoms with Gasteiger partial charge in [0.25, 0.3) is 0 Å². The van der Waals surface area contributed by atoms with Crippen LogP contribution in [0.5, 0.6) is 0 Å². The molecule has 0 radical (unpaired) electrons. The zero-order valence-corrected chi connectivity index (χ0v) is 13.7. The van der Waals surface area contributed by atoms with E-state index < -0.39 is 0 Å². The lowest BCUT2D eigenvalue weighted by molar-refractivity contribution is 0.497. The van der Waals surface area contributed by atoms with Gasteiger partial charge in [0.05, 0.1) is 5.56 Å². The normalized spacial score (nSPS) is 15.9. The van der Waals surface area contributed by atoms with Gasteiger partial charge in [0.15, 0.2) is 5.82 Å².